The van der Waals surface area contributed by atoms with Gasteiger partial charge in [-0.3, -0.25) is 28.2 Å². The highest BCUT2D eigenvalue weighted by Crippen LogP contribution is 2.43. The fourth-order valence-electron chi connectivity index (χ4n) is 5.38. The van der Waals surface area contributed by atoms with Crippen molar-refractivity contribution >= 4 is 31.6 Å². The van der Waals surface area contributed by atoms with Gasteiger partial charge < -0.3 is 25.4 Å². The van der Waals surface area contributed by atoms with Gasteiger partial charge in [-0.1, -0.05) is 142 Å². The number of rotatable bonds is 37. The van der Waals surface area contributed by atoms with Gasteiger partial charge in [0.05, 0.1) is 13.2 Å². The minimum atomic E-state index is -4.57. The maximum Gasteiger partial charge on any atom is 0.472 e. The van der Waals surface area contributed by atoms with Gasteiger partial charge in [0.1, 0.15) is 6.61 Å². The van der Waals surface area contributed by atoms with Gasteiger partial charge in [-0.25, -0.2) is 4.57 Å². The van der Waals surface area contributed by atoms with Gasteiger partial charge >= 0.3 is 19.8 Å². The summed E-state index contributed by atoms with van der Waals surface area (Å²) in [6.45, 7) is 3.17. The molecule has 0 aromatic rings. The van der Waals surface area contributed by atoms with Crippen molar-refractivity contribution in [1.29, 1.82) is 0 Å². The lowest BCUT2D eigenvalue weighted by molar-refractivity contribution is -0.161. The van der Waals surface area contributed by atoms with E-state index in [0.29, 0.717) is 12.8 Å². The molecule has 0 spiro atoms. The number of carbonyl (C=O) groups excluding carboxylic acids is 4. The highest BCUT2D eigenvalue weighted by molar-refractivity contribution is 7.47. The lowest BCUT2D eigenvalue weighted by Gasteiger charge is -2.20. The van der Waals surface area contributed by atoms with E-state index in [4.69, 9.17) is 24.3 Å². The largest absolute Gasteiger partial charge is 0.472 e. The van der Waals surface area contributed by atoms with Crippen LogP contribution >= 0.6 is 7.82 Å². The van der Waals surface area contributed by atoms with Crippen molar-refractivity contribution in [2.75, 3.05) is 26.4 Å². The lowest BCUT2D eigenvalue weighted by atomic mass is 10.1. The van der Waals surface area contributed by atoms with Crippen molar-refractivity contribution in [2.24, 2.45) is 5.73 Å². The number of esters is 2. The average Bonchev–Trinajstić information content (AvgIpc) is 3.08. The second-order valence-corrected chi connectivity index (χ2v) is 14.7. The summed E-state index contributed by atoms with van der Waals surface area (Å²) in [4.78, 5) is 57.5. The van der Waals surface area contributed by atoms with Crippen LogP contribution in [0.15, 0.2) is 0 Å². The Morgan fingerprint density at radius 1 is 0.600 bits per heavy atom. The number of nitrogens with two attached hydrogens (primary N) is 1. The summed E-state index contributed by atoms with van der Waals surface area (Å²) in [5.74, 6) is -1.99. The third kappa shape index (κ3) is 34.4. The highest BCUT2D eigenvalue weighted by atomic mass is 31.2. The number of ether oxygens (including phenoxy) is 2. The van der Waals surface area contributed by atoms with Crippen molar-refractivity contribution < 1.29 is 47.2 Å². The van der Waals surface area contributed by atoms with Gasteiger partial charge in [-0.15, -0.1) is 0 Å². The predicted octanol–water partition coefficient (Wildman–Crippen LogP) is 8.36. The van der Waals surface area contributed by atoms with E-state index in [-0.39, 0.29) is 45.4 Å². The summed E-state index contributed by atoms with van der Waals surface area (Å²) in [6, 6.07) is 0. The summed E-state index contributed by atoms with van der Waals surface area (Å²) >= 11 is 0. The van der Waals surface area contributed by atoms with E-state index >= 15 is 0 Å². The molecule has 0 aliphatic heterocycles. The number of nitrogens with one attached hydrogen (secondary N) is 1. The summed E-state index contributed by atoms with van der Waals surface area (Å²) in [6.07, 6.45) is 24.6. The van der Waals surface area contributed by atoms with Crippen molar-refractivity contribution in [3.8, 4) is 0 Å². The van der Waals surface area contributed by atoms with E-state index in [1.807, 2.05) is 0 Å². The number of phosphoric acid groups is 1. The number of phosphoric ester groups is 1. The fourth-order valence-corrected chi connectivity index (χ4v) is 6.13. The first-order chi connectivity index (χ1) is 24.1. The molecule has 2 atom stereocenters. The second kappa shape index (κ2) is 34.1. The van der Waals surface area contributed by atoms with E-state index < -0.39 is 44.3 Å². The summed E-state index contributed by atoms with van der Waals surface area (Å²) in [5, 5.41) is 2.44. The zero-order valence-electron chi connectivity index (χ0n) is 31.4. The normalized spacial score (nSPS) is 13.0. The molecule has 50 heavy (non-hydrogen) atoms. The standard InChI is InChI=1S/C37H71N2O10P/c1-3-5-7-9-11-13-15-17-19-21-23-25-36(42)46-31-33(32-48-50(44,45)47-30-29-39-35(41)28-27-34(38)40)49-37(43)26-24-22-20-18-16-14-12-10-8-6-4-2/h33H,3-32H2,1-2H3,(H2,38,40)(H,39,41)(H,44,45)/t33-/m1/s1. The van der Waals surface area contributed by atoms with Crippen LogP contribution in [0.1, 0.15) is 181 Å². The van der Waals surface area contributed by atoms with Crippen molar-refractivity contribution in [3.05, 3.63) is 0 Å². The molecule has 1 unspecified atom stereocenters. The first-order valence-corrected chi connectivity index (χ1v) is 21.1. The second-order valence-electron chi connectivity index (χ2n) is 13.3. The van der Waals surface area contributed by atoms with Crippen LogP contribution in [0.2, 0.25) is 0 Å². The Hall–Kier alpha value is -2.01. The van der Waals surface area contributed by atoms with Gasteiger partial charge in [-0.2, -0.15) is 0 Å². The molecule has 0 aromatic heterocycles. The third-order valence-electron chi connectivity index (χ3n) is 8.40. The molecule has 0 aliphatic rings. The minimum Gasteiger partial charge on any atom is -0.462 e. The van der Waals surface area contributed by atoms with E-state index in [2.05, 4.69) is 19.2 Å². The van der Waals surface area contributed by atoms with Crippen LogP contribution < -0.4 is 11.1 Å². The minimum absolute atomic E-state index is 0.0977. The van der Waals surface area contributed by atoms with Crippen molar-refractivity contribution in [3.63, 3.8) is 0 Å². The monoisotopic (exact) mass is 734 g/mol. The molecule has 0 fully saturated rings. The number of amides is 2. The Morgan fingerprint density at radius 2 is 1.04 bits per heavy atom. The molecule has 0 radical (unpaired) electrons. The van der Waals surface area contributed by atoms with Crippen molar-refractivity contribution in [2.45, 2.75) is 187 Å². The Labute approximate surface area is 302 Å². The maximum atomic E-state index is 12.6. The van der Waals surface area contributed by atoms with Gasteiger partial charge in [0.2, 0.25) is 11.8 Å². The molecule has 4 N–H and O–H groups in total. The Balaban J connectivity index is 4.54. The zero-order chi connectivity index (χ0) is 37.1. The molecule has 0 aliphatic carbocycles. The van der Waals surface area contributed by atoms with Crippen LogP contribution in [0, 0.1) is 0 Å². The number of primary amides is 1. The number of hydrogen-bond donors (Lipinski definition) is 3. The molecule has 0 heterocycles. The Morgan fingerprint density at radius 3 is 1.50 bits per heavy atom. The number of unbranched alkanes of at least 4 members (excludes halogenated alkanes) is 20. The van der Waals surface area contributed by atoms with E-state index in [1.54, 1.807) is 0 Å². The lowest BCUT2D eigenvalue weighted by Crippen LogP contribution is -2.30. The smallest absolute Gasteiger partial charge is 0.462 e. The zero-order valence-corrected chi connectivity index (χ0v) is 32.3. The molecule has 12 nitrogen and oxygen atoms in total. The third-order valence-corrected chi connectivity index (χ3v) is 9.38. The quantitative estimate of drug-likeness (QED) is 0.0319. The Kier molecular flexibility index (Phi) is 32.7. The van der Waals surface area contributed by atoms with Gasteiger partial charge in [0.15, 0.2) is 6.10 Å². The van der Waals surface area contributed by atoms with E-state index in [1.165, 1.54) is 89.9 Å². The van der Waals surface area contributed by atoms with Gasteiger partial charge in [0.25, 0.3) is 0 Å². The average molecular weight is 735 g/mol. The molecule has 0 rings (SSSR count). The molecule has 0 saturated carbocycles. The van der Waals surface area contributed by atoms with E-state index in [0.717, 1.165) is 38.5 Å². The molecule has 0 aromatic carbocycles. The molecule has 2 amide bonds. The fraction of sp³-hybridized carbons (Fsp3) is 0.892. The van der Waals surface area contributed by atoms with Gasteiger partial charge in [0, 0.05) is 32.2 Å². The van der Waals surface area contributed by atoms with Crippen LogP contribution in [-0.4, -0.2) is 61.1 Å². The first kappa shape index (κ1) is 48.0. The summed E-state index contributed by atoms with van der Waals surface area (Å²) < 4.78 is 33.2. The van der Waals surface area contributed by atoms with Crippen LogP contribution in [0.4, 0.5) is 0 Å². The maximum absolute atomic E-state index is 12.6. The molecular weight excluding hydrogens is 663 g/mol. The number of carbonyl (C=O) groups is 4. The SMILES string of the molecule is CCCCCCCCCCCCCC(=O)OC[C@H](COP(=O)(O)OCCNC(=O)CCC(N)=O)OC(=O)CCCCCCCCCCCCC. The molecular formula is C37H71N2O10P. The highest BCUT2D eigenvalue weighted by Gasteiger charge is 2.26. The van der Waals surface area contributed by atoms with E-state index in [9.17, 15) is 28.6 Å². The number of hydrogen-bond acceptors (Lipinski definition) is 9. The van der Waals surface area contributed by atoms with Crippen LogP contribution in [-0.2, 0) is 42.3 Å². The molecule has 0 bridgehead atoms. The van der Waals surface area contributed by atoms with Crippen LogP contribution in [0.3, 0.4) is 0 Å². The van der Waals surface area contributed by atoms with Crippen molar-refractivity contribution in [1.82, 2.24) is 5.32 Å². The molecule has 0 saturated heterocycles. The summed E-state index contributed by atoms with van der Waals surface area (Å²) in [7, 11) is -4.57. The first-order valence-electron chi connectivity index (χ1n) is 19.6. The predicted molar refractivity (Wildman–Crippen MR) is 196 cm³/mol. The summed E-state index contributed by atoms with van der Waals surface area (Å²) in [5.41, 5.74) is 5.01. The van der Waals surface area contributed by atoms with Crippen LogP contribution in [0.25, 0.3) is 0 Å². The van der Waals surface area contributed by atoms with Crippen LogP contribution in [0.5, 0.6) is 0 Å². The Bertz CT molecular complexity index is 921. The van der Waals surface area contributed by atoms with Gasteiger partial charge in [-0.05, 0) is 12.8 Å². The topological polar surface area (TPSA) is 181 Å². The molecule has 13 heteroatoms. The molecule has 294 valence electrons.